The lowest BCUT2D eigenvalue weighted by Gasteiger charge is -2.42. The minimum absolute atomic E-state index is 0.0310. The number of amides is 1. The maximum absolute atomic E-state index is 13.1. The van der Waals surface area contributed by atoms with Crippen molar-refractivity contribution in [3.8, 4) is 10.6 Å². The number of thiazole rings is 1. The number of aromatic nitrogens is 3. The zero-order chi connectivity index (χ0) is 20.1. The van der Waals surface area contributed by atoms with Crippen molar-refractivity contribution in [3.63, 3.8) is 0 Å². The Balaban J connectivity index is 1.99. The summed E-state index contributed by atoms with van der Waals surface area (Å²) in [6.07, 6.45) is 0.784. The van der Waals surface area contributed by atoms with E-state index in [1.165, 1.54) is 16.0 Å². The predicted octanol–water partition coefficient (Wildman–Crippen LogP) is 2.03. The van der Waals surface area contributed by atoms with Crippen LogP contribution in [0.25, 0.3) is 10.6 Å². The second-order valence-electron chi connectivity index (χ2n) is 8.06. The van der Waals surface area contributed by atoms with Gasteiger partial charge in [-0.15, -0.1) is 11.3 Å². The van der Waals surface area contributed by atoms with Crippen LogP contribution in [0.3, 0.4) is 0 Å². The lowest BCUT2D eigenvalue weighted by Crippen LogP contribution is -2.53. The molecule has 1 unspecified atom stereocenters. The molecular formula is C19H27N5O2S. The third-order valence-corrected chi connectivity index (χ3v) is 6.69. The van der Waals surface area contributed by atoms with Crippen molar-refractivity contribution in [1.82, 2.24) is 19.7 Å². The number of hydrogen-bond acceptors (Lipinski definition) is 6. The van der Waals surface area contributed by atoms with Crippen molar-refractivity contribution < 1.29 is 4.79 Å². The predicted molar refractivity (Wildman–Crippen MR) is 107 cm³/mol. The van der Waals surface area contributed by atoms with Crippen molar-refractivity contribution in [3.05, 3.63) is 32.2 Å². The Morgan fingerprint density at radius 3 is 2.56 bits per heavy atom. The Morgan fingerprint density at radius 1 is 1.26 bits per heavy atom. The van der Waals surface area contributed by atoms with Gasteiger partial charge in [0.05, 0.1) is 17.0 Å². The van der Waals surface area contributed by atoms with Crippen LogP contribution in [0, 0.1) is 26.2 Å². The van der Waals surface area contributed by atoms with Crippen molar-refractivity contribution in [1.29, 1.82) is 0 Å². The van der Waals surface area contributed by atoms with Crippen molar-refractivity contribution in [2.24, 2.45) is 18.2 Å². The maximum Gasteiger partial charge on any atom is 0.277 e. The summed E-state index contributed by atoms with van der Waals surface area (Å²) >= 11 is 1.29. The lowest BCUT2D eigenvalue weighted by atomic mass is 9.79. The molecule has 2 aromatic rings. The number of piperidine rings is 1. The number of hydrogen-bond donors (Lipinski definition) is 1. The van der Waals surface area contributed by atoms with Crippen LogP contribution >= 0.6 is 11.3 Å². The van der Waals surface area contributed by atoms with Gasteiger partial charge in [0, 0.05) is 26.2 Å². The molecular weight excluding hydrogens is 362 g/mol. The Hall–Kier alpha value is -2.06. The molecule has 146 valence electrons. The van der Waals surface area contributed by atoms with Gasteiger partial charge in [0.2, 0.25) is 0 Å². The Morgan fingerprint density at radius 2 is 1.93 bits per heavy atom. The molecule has 1 amide bonds. The van der Waals surface area contributed by atoms with Gasteiger partial charge in [-0.05, 0) is 38.2 Å². The highest BCUT2D eigenvalue weighted by Crippen LogP contribution is 2.32. The number of carbonyl (C=O) groups is 1. The molecule has 0 spiro atoms. The summed E-state index contributed by atoms with van der Waals surface area (Å²) in [6, 6.07) is 0.0881. The number of carbonyl (C=O) groups excluding carboxylic acids is 1. The van der Waals surface area contributed by atoms with E-state index in [1.54, 1.807) is 7.05 Å². The van der Waals surface area contributed by atoms with Gasteiger partial charge >= 0.3 is 0 Å². The van der Waals surface area contributed by atoms with Crippen molar-refractivity contribution in [2.75, 3.05) is 13.1 Å². The number of likely N-dealkylation sites (tertiary alicyclic amines) is 1. The molecule has 27 heavy (non-hydrogen) atoms. The van der Waals surface area contributed by atoms with Crippen LogP contribution in [0.2, 0.25) is 0 Å². The van der Waals surface area contributed by atoms with Gasteiger partial charge in [-0.1, -0.05) is 13.8 Å². The SMILES string of the molecule is Cc1nc(-c2c(C)c(C)nn(C)c2=O)sc1C(=O)N1CCC(N)C(C)(C)C1. The van der Waals surface area contributed by atoms with Gasteiger partial charge in [0.15, 0.2) is 0 Å². The standard InChI is InChI=1S/C19H27N5O2S/c1-10-11(2)22-23(6)17(25)14(10)16-21-12(3)15(27-16)18(26)24-8-7-13(20)19(4,5)9-24/h13H,7-9,20H2,1-6H3. The fraction of sp³-hybridized carbons (Fsp3) is 0.579. The molecule has 0 saturated carbocycles. The van der Waals surface area contributed by atoms with E-state index in [2.05, 4.69) is 23.9 Å². The Labute approximate surface area is 163 Å². The van der Waals surface area contributed by atoms with Crippen LogP contribution in [0.5, 0.6) is 0 Å². The molecule has 8 heteroatoms. The van der Waals surface area contributed by atoms with E-state index >= 15 is 0 Å². The summed E-state index contributed by atoms with van der Waals surface area (Å²) < 4.78 is 1.32. The zero-order valence-electron chi connectivity index (χ0n) is 16.8. The second-order valence-corrected chi connectivity index (χ2v) is 9.06. The highest BCUT2D eigenvalue weighted by Gasteiger charge is 2.36. The van der Waals surface area contributed by atoms with E-state index in [9.17, 15) is 9.59 Å². The van der Waals surface area contributed by atoms with E-state index in [-0.39, 0.29) is 22.9 Å². The molecule has 1 atom stereocenters. The van der Waals surface area contributed by atoms with E-state index in [4.69, 9.17) is 5.73 Å². The molecule has 7 nitrogen and oxygen atoms in total. The summed E-state index contributed by atoms with van der Waals surface area (Å²) in [5, 5.41) is 4.79. The quantitative estimate of drug-likeness (QED) is 0.848. The average molecular weight is 390 g/mol. The lowest BCUT2D eigenvalue weighted by molar-refractivity contribution is 0.0536. The first kappa shape index (κ1) is 19.7. The van der Waals surface area contributed by atoms with E-state index < -0.39 is 0 Å². The Bertz CT molecular complexity index is 960. The maximum atomic E-state index is 13.1. The van der Waals surface area contributed by atoms with Crippen LogP contribution in [0.15, 0.2) is 4.79 Å². The number of rotatable bonds is 2. The normalized spacial score (nSPS) is 19.4. The monoisotopic (exact) mass is 389 g/mol. The molecule has 2 aromatic heterocycles. The molecule has 2 N–H and O–H groups in total. The van der Waals surface area contributed by atoms with E-state index in [0.717, 1.165) is 17.7 Å². The van der Waals surface area contributed by atoms with Gasteiger partial charge in [-0.25, -0.2) is 9.67 Å². The van der Waals surface area contributed by atoms with Gasteiger partial charge in [0.1, 0.15) is 9.88 Å². The molecule has 1 aliphatic heterocycles. The van der Waals surface area contributed by atoms with Gasteiger partial charge in [-0.3, -0.25) is 9.59 Å². The van der Waals surface area contributed by atoms with Gasteiger partial charge in [-0.2, -0.15) is 5.10 Å². The van der Waals surface area contributed by atoms with Gasteiger partial charge in [0.25, 0.3) is 11.5 Å². The smallest absolute Gasteiger partial charge is 0.277 e. The third-order valence-electron chi connectivity index (χ3n) is 5.53. The molecule has 1 fully saturated rings. The summed E-state index contributed by atoms with van der Waals surface area (Å²) in [5.74, 6) is -0.0310. The summed E-state index contributed by atoms with van der Waals surface area (Å²) in [7, 11) is 1.63. The Kier molecular flexibility index (Phi) is 4.98. The van der Waals surface area contributed by atoms with Crippen molar-refractivity contribution in [2.45, 2.75) is 47.1 Å². The minimum atomic E-state index is -0.198. The van der Waals surface area contributed by atoms with Crippen LogP contribution in [-0.4, -0.2) is 44.7 Å². The highest BCUT2D eigenvalue weighted by molar-refractivity contribution is 7.17. The first-order valence-corrected chi connectivity index (χ1v) is 9.91. The van der Waals surface area contributed by atoms with Crippen LogP contribution < -0.4 is 11.3 Å². The zero-order valence-corrected chi connectivity index (χ0v) is 17.6. The molecule has 0 bridgehead atoms. The molecule has 3 rings (SSSR count). The summed E-state index contributed by atoms with van der Waals surface area (Å²) in [5.41, 5.74) is 8.64. The largest absolute Gasteiger partial charge is 0.337 e. The minimum Gasteiger partial charge on any atom is -0.337 e. The molecule has 1 saturated heterocycles. The average Bonchev–Trinajstić information content (AvgIpc) is 2.96. The van der Waals surface area contributed by atoms with E-state index in [0.29, 0.717) is 34.2 Å². The fourth-order valence-electron chi connectivity index (χ4n) is 3.49. The number of aryl methyl sites for hydroxylation is 3. The second kappa shape index (κ2) is 6.83. The first-order chi connectivity index (χ1) is 12.5. The first-order valence-electron chi connectivity index (χ1n) is 9.10. The van der Waals surface area contributed by atoms with Crippen LogP contribution in [-0.2, 0) is 7.05 Å². The topological polar surface area (TPSA) is 94.1 Å². The molecule has 0 aromatic carbocycles. The molecule has 0 radical (unpaired) electrons. The fourth-order valence-corrected chi connectivity index (χ4v) is 4.62. The third kappa shape index (κ3) is 3.43. The van der Waals surface area contributed by atoms with E-state index in [1.807, 2.05) is 25.7 Å². The molecule has 0 aliphatic carbocycles. The molecule has 3 heterocycles. The summed E-state index contributed by atoms with van der Waals surface area (Å²) in [4.78, 5) is 32.7. The highest BCUT2D eigenvalue weighted by atomic mass is 32.1. The van der Waals surface area contributed by atoms with Crippen LogP contribution in [0.4, 0.5) is 0 Å². The summed E-state index contributed by atoms with van der Waals surface area (Å²) in [6.45, 7) is 11.0. The van der Waals surface area contributed by atoms with Crippen molar-refractivity contribution >= 4 is 17.2 Å². The van der Waals surface area contributed by atoms with Crippen LogP contribution in [0.1, 0.15) is 46.9 Å². The van der Waals surface area contributed by atoms with Gasteiger partial charge < -0.3 is 10.6 Å². The number of nitrogens with zero attached hydrogens (tertiary/aromatic N) is 4. The molecule has 1 aliphatic rings. The number of nitrogens with two attached hydrogens (primary N) is 1.